The Balaban J connectivity index is 2.15. The number of nitro groups is 1. The largest absolute Gasteiger partial charge is 0.378 e. The molecule has 0 amide bonds. The summed E-state index contributed by atoms with van der Waals surface area (Å²) in [5, 5.41) is 31.8. The molecular weight excluding hydrogens is 288 g/mol. The van der Waals surface area contributed by atoms with Gasteiger partial charge in [-0.15, -0.1) is 0 Å². The highest BCUT2D eigenvalue weighted by molar-refractivity contribution is 6.46. The van der Waals surface area contributed by atoms with Gasteiger partial charge in [-0.3, -0.25) is 20.9 Å². The molecule has 0 bridgehead atoms. The number of benzene rings is 1. The smallest absolute Gasteiger partial charge is 0.294 e. The molecule has 0 unspecified atom stereocenters. The highest BCUT2D eigenvalue weighted by Crippen LogP contribution is 2.23. The Labute approximate surface area is 126 Å². The molecule has 0 aromatic heterocycles. The average molecular weight is 302 g/mol. The second-order valence-corrected chi connectivity index (χ2v) is 4.41. The molecule has 1 aromatic carbocycles. The van der Waals surface area contributed by atoms with E-state index in [4.69, 9.17) is 15.4 Å². The quantitative estimate of drug-likeness (QED) is 0.372. The molecule has 1 aliphatic heterocycles. The molecular formula is C13H14N6O3. The molecule has 1 fully saturated rings. The van der Waals surface area contributed by atoms with E-state index in [9.17, 15) is 10.1 Å². The zero-order chi connectivity index (χ0) is 15.9. The molecule has 22 heavy (non-hydrogen) atoms. The van der Waals surface area contributed by atoms with Crippen molar-refractivity contribution in [3.05, 3.63) is 34.4 Å². The number of nitriles is 1. The fourth-order valence-electron chi connectivity index (χ4n) is 1.91. The number of amidine groups is 1. The van der Waals surface area contributed by atoms with Crippen LogP contribution < -0.4 is 5.43 Å². The Morgan fingerprint density at radius 3 is 2.77 bits per heavy atom. The second-order valence-electron chi connectivity index (χ2n) is 4.41. The number of para-hydroxylation sites is 2. The first-order chi connectivity index (χ1) is 10.6. The topological polar surface area (TPSA) is 128 Å². The zero-order valence-corrected chi connectivity index (χ0v) is 11.7. The number of hydrogen-bond acceptors (Lipinski definition) is 7. The number of hydrazone groups is 1. The van der Waals surface area contributed by atoms with Crippen molar-refractivity contribution >= 4 is 22.9 Å². The summed E-state index contributed by atoms with van der Waals surface area (Å²) in [7, 11) is 0. The van der Waals surface area contributed by atoms with Crippen LogP contribution >= 0.6 is 0 Å². The van der Waals surface area contributed by atoms with Gasteiger partial charge in [-0.05, 0) is 6.07 Å². The van der Waals surface area contributed by atoms with Gasteiger partial charge in [0.15, 0.2) is 5.84 Å². The van der Waals surface area contributed by atoms with Crippen LogP contribution in [0.4, 0.5) is 11.4 Å². The van der Waals surface area contributed by atoms with Crippen LogP contribution in [0.1, 0.15) is 0 Å². The Bertz CT molecular complexity index is 645. The van der Waals surface area contributed by atoms with Crippen molar-refractivity contribution in [3.63, 3.8) is 0 Å². The summed E-state index contributed by atoms with van der Waals surface area (Å²) < 4.78 is 5.18. The van der Waals surface area contributed by atoms with E-state index in [-0.39, 0.29) is 22.9 Å². The normalized spacial score (nSPS) is 15.0. The van der Waals surface area contributed by atoms with Gasteiger partial charge >= 0.3 is 0 Å². The van der Waals surface area contributed by atoms with Gasteiger partial charge in [0.1, 0.15) is 11.8 Å². The maximum atomic E-state index is 10.9. The van der Waals surface area contributed by atoms with E-state index in [0.717, 1.165) is 0 Å². The number of rotatable bonds is 4. The summed E-state index contributed by atoms with van der Waals surface area (Å²) in [6.45, 7) is 1.98. The lowest BCUT2D eigenvalue weighted by Crippen LogP contribution is -2.43. The third-order valence-corrected chi connectivity index (χ3v) is 3.05. The first-order valence-corrected chi connectivity index (χ1v) is 6.52. The van der Waals surface area contributed by atoms with Gasteiger partial charge in [0.25, 0.3) is 5.69 Å². The molecule has 2 N–H and O–H groups in total. The molecule has 1 heterocycles. The Hall–Kier alpha value is -2.99. The molecule has 1 saturated heterocycles. The first kappa shape index (κ1) is 15.4. The molecule has 9 nitrogen and oxygen atoms in total. The lowest BCUT2D eigenvalue weighted by molar-refractivity contribution is -0.384. The lowest BCUT2D eigenvalue weighted by Gasteiger charge is -2.28. The molecule has 114 valence electrons. The number of nitrogens with zero attached hydrogens (tertiary/aromatic N) is 4. The fourth-order valence-corrected chi connectivity index (χ4v) is 1.91. The van der Waals surface area contributed by atoms with E-state index in [0.29, 0.717) is 26.3 Å². The minimum absolute atomic E-state index is 0.0307. The summed E-state index contributed by atoms with van der Waals surface area (Å²) in [5.41, 5.74) is 2.36. The van der Waals surface area contributed by atoms with Crippen LogP contribution in [0.5, 0.6) is 0 Å². The predicted octanol–water partition coefficient (Wildman–Crippen LogP) is 1.20. The van der Waals surface area contributed by atoms with Gasteiger partial charge < -0.3 is 9.64 Å². The van der Waals surface area contributed by atoms with Gasteiger partial charge in [-0.2, -0.15) is 10.4 Å². The number of ether oxygens (including phenoxy) is 1. The Morgan fingerprint density at radius 1 is 1.45 bits per heavy atom. The van der Waals surface area contributed by atoms with Crippen molar-refractivity contribution in [2.75, 3.05) is 31.7 Å². The maximum absolute atomic E-state index is 10.9. The summed E-state index contributed by atoms with van der Waals surface area (Å²) in [4.78, 5) is 12.0. The van der Waals surface area contributed by atoms with Crippen LogP contribution in [0, 0.1) is 26.9 Å². The minimum atomic E-state index is -0.544. The van der Waals surface area contributed by atoms with E-state index >= 15 is 0 Å². The molecule has 0 aliphatic carbocycles. The summed E-state index contributed by atoms with van der Waals surface area (Å²) in [5.74, 6) is -0.0307. The van der Waals surface area contributed by atoms with Crippen LogP contribution in [-0.2, 0) is 4.74 Å². The molecule has 0 radical (unpaired) electrons. The number of morpholine rings is 1. The third kappa shape index (κ3) is 3.56. The lowest BCUT2D eigenvalue weighted by atomic mass is 10.3. The molecule has 1 aromatic rings. The molecule has 9 heteroatoms. The molecule has 1 aliphatic rings. The highest BCUT2D eigenvalue weighted by Gasteiger charge is 2.19. The number of hydrogen-bond donors (Lipinski definition) is 2. The van der Waals surface area contributed by atoms with Gasteiger partial charge in [-0.25, -0.2) is 0 Å². The van der Waals surface area contributed by atoms with E-state index in [1.54, 1.807) is 11.0 Å². The van der Waals surface area contributed by atoms with E-state index in [2.05, 4.69) is 10.5 Å². The number of anilines is 1. The minimum Gasteiger partial charge on any atom is -0.378 e. The van der Waals surface area contributed by atoms with Crippen LogP contribution in [-0.4, -0.2) is 47.7 Å². The average Bonchev–Trinajstić information content (AvgIpc) is 2.56. The van der Waals surface area contributed by atoms with Crippen molar-refractivity contribution in [1.82, 2.24) is 4.90 Å². The molecule has 0 saturated carbocycles. The summed E-state index contributed by atoms with van der Waals surface area (Å²) >= 11 is 0. The SMILES string of the molecule is N#C/C(=N/Nc1ccccc1[N+](=O)[O-])C(=N)N1CCOCC1. The number of nitrogens with one attached hydrogen (secondary N) is 2. The Kier molecular flexibility index (Phi) is 5.00. The Morgan fingerprint density at radius 2 is 2.14 bits per heavy atom. The third-order valence-electron chi connectivity index (χ3n) is 3.05. The van der Waals surface area contributed by atoms with Crippen LogP contribution in [0.3, 0.4) is 0 Å². The summed E-state index contributed by atoms with van der Waals surface area (Å²) in [6, 6.07) is 7.79. The molecule has 0 atom stereocenters. The van der Waals surface area contributed by atoms with E-state index in [1.165, 1.54) is 18.2 Å². The van der Waals surface area contributed by atoms with Crippen molar-refractivity contribution in [3.8, 4) is 6.07 Å². The first-order valence-electron chi connectivity index (χ1n) is 6.52. The second kappa shape index (κ2) is 7.14. The molecule has 2 rings (SSSR count). The van der Waals surface area contributed by atoms with E-state index < -0.39 is 4.92 Å². The predicted molar refractivity (Wildman–Crippen MR) is 79.9 cm³/mol. The van der Waals surface area contributed by atoms with Crippen molar-refractivity contribution in [2.24, 2.45) is 5.10 Å². The van der Waals surface area contributed by atoms with Crippen LogP contribution in [0.2, 0.25) is 0 Å². The maximum Gasteiger partial charge on any atom is 0.294 e. The summed E-state index contributed by atoms with van der Waals surface area (Å²) in [6.07, 6.45) is 0. The van der Waals surface area contributed by atoms with Gasteiger partial charge in [0, 0.05) is 19.2 Å². The van der Waals surface area contributed by atoms with Crippen molar-refractivity contribution < 1.29 is 9.66 Å². The van der Waals surface area contributed by atoms with Crippen molar-refractivity contribution in [1.29, 1.82) is 10.7 Å². The monoisotopic (exact) mass is 302 g/mol. The van der Waals surface area contributed by atoms with Gasteiger partial charge in [0.2, 0.25) is 5.71 Å². The van der Waals surface area contributed by atoms with Crippen LogP contribution in [0.25, 0.3) is 0 Å². The van der Waals surface area contributed by atoms with Crippen molar-refractivity contribution in [2.45, 2.75) is 0 Å². The standard InChI is InChI=1S/C13H14N6O3/c14-9-11(13(15)18-5-7-22-8-6-18)17-16-10-3-1-2-4-12(10)19(20)21/h1-4,15-16H,5-8H2/b15-13?,17-11-. The van der Waals surface area contributed by atoms with E-state index in [1.807, 2.05) is 6.07 Å². The van der Waals surface area contributed by atoms with Gasteiger partial charge in [-0.1, -0.05) is 12.1 Å². The van der Waals surface area contributed by atoms with Gasteiger partial charge in [0.05, 0.1) is 18.1 Å². The highest BCUT2D eigenvalue weighted by atomic mass is 16.6. The molecule has 0 spiro atoms. The number of nitro benzene ring substituents is 1. The fraction of sp³-hybridized carbons (Fsp3) is 0.308. The van der Waals surface area contributed by atoms with Crippen LogP contribution in [0.15, 0.2) is 29.4 Å². The zero-order valence-electron chi connectivity index (χ0n) is 11.7.